The van der Waals surface area contributed by atoms with E-state index in [1.807, 2.05) is 0 Å². The molecule has 0 amide bonds. The molecular weight excluding hydrogens is 240 g/mol. The van der Waals surface area contributed by atoms with Gasteiger partial charge in [0.15, 0.2) is 0 Å². The number of ether oxygens (including phenoxy) is 1. The average molecular weight is 252 g/mol. The standard InChI is InChI=1S/C11H12N2O5/c14-11(9-4-2-1-3-5-9)18-12-6-7-17-10(8-12)13(15)16/h1-5,10H,6-8H2. The summed E-state index contributed by atoms with van der Waals surface area (Å²) in [4.78, 5) is 26.8. The predicted molar refractivity (Wildman–Crippen MR) is 60.2 cm³/mol. The molecule has 1 unspecified atom stereocenters. The summed E-state index contributed by atoms with van der Waals surface area (Å²) < 4.78 is 4.92. The van der Waals surface area contributed by atoms with Crippen LogP contribution in [0.25, 0.3) is 0 Å². The van der Waals surface area contributed by atoms with Crippen LogP contribution in [0.3, 0.4) is 0 Å². The summed E-state index contributed by atoms with van der Waals surface area (Å²) in [6.07, 6.45) is -1.15. The molecular formula is C11H12N2O5. The topological polar surface area (TPSA) is 81.9 Å². The van der Waals surface area contributed by atoms with Gasteiger partial charge in [-0.2, -0.15) is 0 Å². The fourth-order valence-electron chi connectivity index (χ4n) is 1.56. The Kier molecular flexibility index (Phi) is 3.85. The van der Waals surface area contributed by atoms with Gasteiger partial charge < -0.3 is 9.57 Å². The average Bonchev–Trinajstić information content (AvgIpc) is 2.40. The van der Waals surface area contributed by atoms with Crippen molar-refractivity contribution in [2.24, 2.45) is 0 Å². The van der Waals surface area contributed by atoms with Crippen molar-refractivity contribution in [3.05, 3.63) is 46.0 Å². The Balaban J connectivity index is 1.93. The molecule has 1 saturated heterocycles. The zero-order valence-electron chi connectivity index (χ0n) is 9.52. The summed E-state index contributed by atoms with van der Waals surface area (Å²) >= 11 is 0. The minimum Gasteiger partial charge on any atom is -0.363 e. The largest absolute Gasteiger partial charge is 0.363 e. The Bertz CT molecular complexity index is 436. The van der Waals surface area contributed by atoms with E-state index in [1.165, 1.54) is 5.06 Å². The zero-order chi connectivity index (χ0) is 13.0. The number of hydrogen-bond acceptors (Lipinski definition) is 6. The van der Waals surface area contributed by atoms with E-state index in [4.69, 9.17) is 9.57 Å². The molecule has 1 heterocycles. The van der Waals surface area contributed by atoms with Crippen LogP contribution in [0.1, 0.15) is 10.4 Å². The van der Waals surface area contributed by atoms with Gasteiger partial charge in [0.05, 0.1) is 23.6 Å². The number of nitro groups is 1. The maximum Gasteiger partial charge on any atom is 0.357 e. The third-order valence-corrected chi connectivity index (χ3v) is 2.47. The highest BCUT2D eigenvalue weighted by atomic mass is 16.7. The van der Waals surface area contributed by atoms with Crippen LogP contribution in [0.2, 0.25) is 0 Å². The molecule has 0 radical (unpaired) electrons. The number of nitrogens with zero attached hydrogens (tertiary/aromatic N) is 2. The first-order chi connectivity index (χ1) is 8.66. The second-order valence-electron chi connectivity index (χ2n) is 3.74. The van der Waals surface area contributed by atoms with Crippen LogP contribution in [-0.4, -0.2) is 41.9 Å². The van der Waals surface area contributed by atoms with Gasteiger partial charge in [0, 0.05) is 0 Å². The van der Waals surface area contributed by atoms with Crippen LogP contribution in [-0.2, 0) is 9.57 Å². The molecule has 1 fully saturated rings. The van der Waals surface area contributed by atoms with Gasteiger partial charge in [-0.3, -0.25) is 10.1 Å². The lowest BCUT2D eigenvalue weighted by Gasteiger charge is -2.26. The minimum absolute atomic E-state index is 0.0639. The van der Waals surface area contributed by atoms with Crippen LogP contribution in [0.5, 0.6) is 0 Å². The minimum atomic E-state index is -1.15. The van der Waals surface area contributed by atoms with Crippen molar-refractivity contribution in [3.8, 4) is 0 Å². The van der Waals surface area contributed by atoms with Crippen molar-refractivity contribution in [1.29, 1.82) is 0 Å². The lowest BCUT2D eigenvalue weighted by molar-refractivity contribution is -0.584. The number of morpholine rings is 1. The molecule has 0 N–H and O–H groups in total. The van der Waals surface area contributed by atoms with Crippen molar-refractivity contribution in [1.82, 2.24) is 5.06 Å². The molecule has 18 heavy (non-hydrogen) atoms. The fraction of sp³-hybridized carbons (Fsp3) is 0.364. The van der Waals surface area contributed by atoms with Crippen molar-refractivity contribution in [2.75, 3.05) is 19.7 Å². The molecule has 7 heteroatoms. The molecule has 0 aromatic heterocycles. The zero-order valence-corrected chi connectivity index (χ0v) is 9.52. The van der Waals surface area contributed by atoms with Gasteiger partial charge in [0.2, 0.25) is 0 Å². The number of carbonyl (C=O) groups is 1. The number of rotatable bonds is 3. The van der Waals surface area contributed by atoms with E-state index in [9.17, 15) is 14.9 Å². The van der Waals surface area contributed by atoms with Gasteiger partial charge in [-0.1, -0.05) is 18.2 Å². The molecule has 7 nitrogen and oxygen atoms in total. The molecule has 1 aliphatic heterocycles. The third kappa shape index (κ3) is 3.02. The first kappa shape index (κ1) is 12.5. The molecule has 2 rings (SSSR count). The van der Waals surface area contributed by atoms with Crippen molar-refractivity contribution in [2.45, 2.75) is 6.23 Å². The summed E-state index contributed by atoms with van der Waals surface area (Å²) in [5.74, 6) is -0.528. The monoisotopic (exact) mass is 252 g/mol. The van der Waals surface area contributed by atoms with Crippen LogP contribution >= 0.6 is 0 Å². The molecule has 1 aromatic rings. The quantitative estimate of drug-likeness (QED) is 0.581. The lowest BCUT2D eigenvalue weighted by atomic mass is 10.2. The smallest absolute Gasteiger partial charge is 0.357 e. The number of carbonyl (C=O) groups excluding carboxylic acids is 1. The molecule has 0 bridgehead atoms. The van der Waals surface area contributed by atoms with Crippen molar-refractivity contribution >= 4 is 5.97 Å². The Hall–Kier alpha value is -1.99. The van der Waals surface area contributed by atoms with Gasteiger partial charge >= 0.3 is 12.2 Å². The van der Waals surface area contributed by atoms with E-state index in [0.717, 1.165) is 0 Å². The third-order valence-electron chi connectivity index (χ3n) is 2.47. The Morgan fingerprint density at radius 1 is 1.44 bits per heavy atom. The fourth-order valence-corrected chi connectivity index (χ4v) is 1.56. The van der Waals surface area contributed by atoms with Crippen LogP contribution in [0.4, 0.5) is 0 Å². The number of hydroxylamine groups is 2. The van der Waals surface area contributed by atoms with E-state index in [2.05, 4.69) is 0 Å². The normalized spacial score (nSPS) is 20.3. The molecule has 0 aliphatic carbocycles. The summed E-state index contributed by atoms with van der Waals surface area (Å²) in [6, 6.07) is 8.46. The SMILES string of the molecule is O=C(ON1CCOC([N+](=O)[O-])C1)c1ccccc1. The predicted octanol–water partition coefficient (Wildman–Crippen LogP) is 0.693. The number of hydrogen-bond donors (Lipinski definition) is 0. The molecule has 1 aromatic carbocycles. The summed E-state index contributed by atoms with van der Waals surface area (Å²) in [5.41, 5.74) is 0.404. The summed E-state index contributed by atoms with van der Waals surface area (Å²) in [7, 11) is 0. The first-order valence-corrected chi connectivity index (χ1v) is 5.44. The number of benzene rings is 1. The summed E-state index contributed by atoms with van der Waals surface area (Å²) in [5, 5.41) is 11.8. The van der Waals surface area contributed by atoms with Gasteiger partial charge in [-0.05, 0) is 12.1 Å². The van der Waals surface area contributed by atoms with E-state index in [1.54, 1.807) is 30.3 Å². The first-order valence-electron chi connectivity index (χ1n) is 5.44. The Labute approximate surface area is 103 Å². The van der Waals surface area contributed by atoms with Gasteiger partial charge in [0.25, 0.3) is 0 Å². The molecule has 1 atom stereocenters. The Morgan fingerprint density at radius 3 is 2.83 bits per heavy atom. The van der Waals surface area contributed by atoms with Gasteiger partial charge in [-0.15, -0.1) is 5.06 Å². The van der Waals surface area contributed by atoms with E-state index < -0.39 is 17.1 Å². The van der Waals surface area contributed by atoms with E-state index >= 15 is 0 Å². The summed E-state index contributed by atoms with van der Waals surface area (Å²) in [6.45, 7) is 0.419. The Morgan fingerprint density at radius 2 is 2.17 bits per heavy atom. The van der Waals surface area contributed by atoms with Crippen LogP contribution in [0, 0.1) is 10.1 Å². The van der Waals surface area contributed by atoms with Gasteiger partial charge in [-0.25, -0.2) is 4.79 Å². The maximum absolute atomic E-state index is 11.7. The highest BCUT2D eigenvalue weighted by Crippen LogP contribution is 2.09. The van der Waals surface area contributed by atoms with Gasteiger partial charge in [0.1, 0.15) is 6.54 Å². The maximum atomic E-state index is 11.7. The highest BCUT2D eigenvalue weighted by Gasteiger charge is 2.31. The van der Waals surface area contributed by atoms with Crippen molar-refractivity contribution in [3.63, 3.8) is 0 Å². The highest BCUT2D eigenvalue weighted by molar-refractivity contribution is 5.89. The molecule has 96 valence electrons. The van der Waals surface area contributed by atoms with E-state index in [-0.39, 0.29) is 13.2 Å². The lowest BCUT2D eigenvalue weighted by Crippen LogP contribution is -2.46. The van der Waals surface area contributed by atoms with Crippen molar-refractivity contribution < 1.29 is 19.3 Å². The van der Waals surface area contributed by atoms with Crippen LogP contribution < -0.4 is 0 Å². The molecule has 0 saturated carbocycles. The second kappa shape index (κ2) is 5.56. The van der Waals surface area contributed by atoms with Crippen LogP contribution in [0.15, 0.2) is 30.3 Å². The molecule has 1 aliphatic rings. The second-order valence-corrected chi connectivity index (χ2v) is 3.74. The molecule has 0 spiro atoms. The van der Waals surface area contributed by atoms with E-state index in [0.29, 0.717) is 12.1 Å².